The van der Waals surface area contributed by atoms with Gasteiger partial charge in [0.25, 0.3) is 0 Å². The second-order valence-corrected chi connectivity index (χ2v) is 7.00. The summed E-state index contributed by atoms with van der Waals surface area (Å²) in [5.41, 5.74) is 2.84. The van der Waals surface area contributed by atoms with E-state index in [-0.39, 0.29) is 0 Å². The normalized spacial score (nSPS) is 31.1. The molecular formula is C19H30N2. The van der Waals surface area contributed by atoms with Crippen LogP contribution in [0, 0.1) is 6.92 Å². The van der Waals surface area contributed by atoms with Gasteiger partial charge in [0.1, 0.15) is 0 Å². The Bertz CT molecular complexity index is 439. The van der Waals surface area contributed by atoms with Crippen LogP contribution in [-0.2, 0) is 0 Å². The van der Waals surface area contributed by atoms with Crippen LogP contribution in [0.15, 0.2) is 24.3 Å². The zero-order valence-electron chi connectivity index (χ0n) is 13.8. The number of nitrogens with one attached hydrogen (secondary N) is 1. The number of nitrogens with zero attached hydrogens (tertiary/aromatic N) is 1. The van der Waals surface area contributed by atoms with Crippen LogP contribution in [0.3, 0.4) is 0 Å². The highest BCUT2D eigenvalue weighted by Gasteiger charge is 2.40. The molecule has 0 aliphatic carbocycles. The van der Waals surface area contributed by atoms with Gasteiger partial charge in [-0.2, -0.15) is 0 Å². The van der Waals surface area contributed by atoms with Crippen LogP contribution in [-0.4, -0.2) is 29.6 Å². The molecule has 0 saturated carbocycles. The lowest BCUT2D eigenvalue weighted by atomic mass is 9.80. The highest BCUT2D eigenvalue weighted by Crippen LogP contribution is 2.39. The molecule has 1 aromatic carbocycles. The van der Waals surface area contributed by atoms with Crippen molar-refractivity contribution in [1.29, 1.82) is 0 Å². The second-order valence-electron chi connectivity index (χ2n) is 7.00. The number of hydrogen-bond donors (Lipinski definition) is 1. The molecule has 2 heterocycles. The number of hydrogen-bond acceptors (Lipinski definition) is 2. The highest BCUT2D eigenvalue weighted by atomic mass is 15.2. The van der Waals surface area contributed by atoms with E-state index in [0.29, 0.717) is 6.04 Å². The minimum atomic E-state index is 0.559. The standard InChI is InChI=1S/C19H30N2/c1-4-20-17-12-18-6-5-7-19(13-17)21(18)15(3)16-10-8-14(2)9-11-16/h8-11,15,17-20H,4-7,12-13H2,1-3H3. The molecule has 2 heteroatoms. The Hall–Kier alpha value is -0.860. The number of rotatable bonds is 4. The Morgan fingerprint density at radius 3 is 2.33 bits per heavy atom. The van der Waals surface area contributed by atoms with E-state index in [1.54, 1.807) is 0 Å². The van der Waals surface area contributed by atoms with Crippen LogP contribution in [0.4, 0.5) is 0 Å². The first-order chi connectivity index (χ1) is 10.2. The number of fused-ring (bicyclic) bond motifs is 2. The van der Waals surface area contributed by atoms with Crippen molar-refractivity contribution in [2.75, 3.05) is 6.54 Å². The fraction of sp³-hybridized carbons (Fsp3) is 0.684. The van der Waals surface area contributed by atoms with Crippen LogP contribution >= 0.6 is 0 Å². The fourth-order valence-corrected chi connectivity index (χ4v) is 4.52. The maximum absolute atomic E-state index is 3.69. The molecule has 21 heavy (non-hydrogen) atoms. The van der Waals surface area contributed by atoms with Gasteiger partial charge in [-0.1, -0.05) is 43.2 Å². The summed E-state index contributed by atoms with van der Waals surface area (Å²) in [6.07, 6.45) is 6.86. The van der Waals surface area contributed by atoms with E-state index in [1.165, 1.54) is 43.2 Å². The van der Waals surface area contributed by atoms with E-state index in [9.17, 15) is 0 Å². The highest BCUT2D eigenvalue weighted by molar-refractivity contribution is 5.24. The Morgan fingerprint density at radius 2 is 1.76 bits per heavy atom. The predicted molar refractivity (Wildman–Crippen MR) is 89.6 cm³/mol. The Balaban J connectivity index is 1.76. The van der Waals surface area contributed by atoms with E-state index in [2.05, 4.69) is 55.3 Å². The van der Waals surface area contributed by atoms with E-state index >= 15 is 0 Å². The van der Waals surface area contributed by atoms with E-state index in [1.807, 2.05) is 0 Å². The lowest BCUT2D eigenvalue weighted by Crippen LogP contribution is -2.56. The van der Waals surface area contributed by atoms with Crippen molar-refractivity contribution in [3.05, 3.63) is 35.4 Å². The van der Waals surface area contributed by atoms with Gasteiger partial charge in [0, 0.05) is 24.2 Å². The third kappa shape index (κ3) is 3.17. The average Bonchev–Trinajstić information content (AvgIpc) is 2.47. The molecule has 116 valence electrons. The first kappa shape index (κ1) is 15.1. The van der Waals surface area contributed by atoms with Crippen molar-refractivity contribution in [3.63, 3.8) is 0 Å². The minimum Gasteiger partial charge on any atom is -0.314 e. The monoisotopic (exact) mass is 286 g/mol. The van der Waals surface area contributed by atoms with E-state index in [0.717, 1.165) is 24.7 Å². The van der Waals surface area contributed by atoms with Gasteiger partial charge in [-0.15, -0.1) is 0 Å². The maximum Gasteiger partial charge on any atom is 0.0325 e. The SMILES string of the molecule is CCNC1CC2CCCC(C1)N2C(C)c1ccc(C)cc1. The fourth-order valence-electron chi connectivity index (χ4n) is 4.52. The van der Waals surface area contributed by atoms with Crippen molar-refractivity contribution in [3.8, 4) is 0 Å². The van der Waals surface area contributed by atoms with Crippen LogP contribution in [0.5, 0.6) is 0 Å². The molecular weight excluding hydrogens is 256 g/mol. The number of aryl methyl sites for hydroxylation is 1. The van der Waals surface area contributed by atoms with Crippen LogP contribution < -0.4 is 5.32 Å². The average molecular weight is 286 g/mol. The van der Waals surface area contributed by atoms with Crippen LogP contribution in [0.2, 0.25) is 0 Å². The molecule has 0 aromatic heterocycles. The van der Waals surface area contributed by atoms with E-state index in [4.69, 9.17) is 0 Å². The molecule has 1 aromatic rings. The van der Waals surface area contributed by atoms with Crippen molar-refractivity contribution < 1.29 is 0 Å². The van der Waals surface area contributed by atoms with Gasteiger partial charge < -0.3 is 5.32 Å². The zero-order chi connectivity index (χ0) is 14.8. The maximum atomic E-state index is 3.69. The molecule has 0 spiro atoms. The molecule has 0 amide bonds. The lowest BCUT2D eigenvalue weighted by molar-refractivity contribution is -0.00601. The summed E-state index contributed by atoms with van der Waals surface area (Å²) < 4.78 is 0. The second kappa shape index (κ2) is 6.50. The number of piperidine rings is 2. The first-order valence-electron chi connectivity index (χ1n) is 8.76. The van der Waals surface area contributed by atoms with Gasteiger partial charge in [-0.25, -0.2) is 0 Å². The summed E-state index contributed by atoms with van der Waals surface area (Å²) in [4.78, 5) is 2.84. The minimum absolute atomic E-state index is 0.559. The molecule has 2 saturated heterocycles. The molecule has 1 N–H and O–H groups in total. The Labute approximate surface area is 129 Å². The summed E-state index contributed by atoms with van der Waals surface area (Å²) in [6, 6.07) is 12.0. The smallest absolute Gasteiger partial charge is 0.0325 e. The summed E-state index contributed by atoms with van der Waals surface area (Å²) in [5.74, 6) is 0. The van der Waals surface area contributed by atoms with Crippen molar-refractivity contribution in [2.45, 2.75) is 77.0 Å². The third-order valence-electron chi connectivity index (χ3n) is 5.53. The molecule has 3 atom stereocenters. The largest absolute Gasteiger partial charge is 0.314 e. The molecule has 0 radical (unpaired) electrons. The van der Waals surface area contributed by atoms with Crippen molar-refractivity contribution >= 4 is 0 Å². The van der Waals surface area contributed by atoms with Gasteiger partial charge in [-0.05, 0) is 51.6 Å². The topological polar surface area (TPSA) is 15.3 Å². The first-order valence-corrected chi connectivity index (χ1v) is 8.76. The zero-order valence-corrected chi connectivity index (χ0v) is 13.8. The number of benzene rings is 1. The Kier molecular flexibility index (Phi) is 4.66. The van der Waals surface area contributed by atoms with Gasteiger partial charge in [0.2, 0.25) is 0 Å². The molecule has 2 nitrogen and oxygen atoms in total. The van der Waals surface area contributed by atoms with Gasteiger partial charge in [0.15, 0.2) is 0 Å². The molecule has 3 unspecified atom stereocenters. The predicted octanol–water partition coefficient (Wildman–Crippen LogP) is 4.05. The van der Waals surface area contributed by atoms with Crippen LogP contribution in [0.1, 0.15) is 63.1 Å². The van der Waals surface area contributed by atoms with Gasteiger partial charge in [0.05, 0.1) is 0 Å². The van der Waals surface area contributed by atoms with Crippen molar-refractivity contribution in [1.82, 2.24) is 10.2 Å². The lowest BCUT2D eigenvalue weighted by Gasteiger charge is -2.52. The summed E-state index contributed by atoms with van der Waals surface area (Å²) in [7, 11) is 0. The van der Waals surface area contributed by atoms with Gasteiger partial charge >= 0.3 is 0 Å². The van der Waals surface area contributed by atoms with Gasteiger partial charge in [-0.3, -0.25) is 4.90 Å². The Morgan fingerprint density at radius 1 is 1.14 bits per heavy atom. The summed E-state index contributed by atoms with van der Waals surface area (Å²) in [6.45, 7) is 7.92. The van der Waals surface area contributed by atoms with E-state index < -0.39 is 0 Å². The molecule has 2 fully saturated rings. The molecule has 2 aliphatic rings. The third-order valence-corrected chi connectivity index (χ3v) is 5.53. The van der Waals surface area contributed by atoms with Crippen LogP contribution in [0.25, 0.3) is 0 Å². The molecule has 2 bridgehead atoms. The van der Waals surface area contributed by atoms with Crippen molar-refractivity contribution in [2.24, 2.45) is 0 Å². The summed E-state index contributed by atoms with van der Waals surface area (Å²) in [5, 5.41) is 3.69. The summed E-state index contributed by atoms with van der Waals surface area (Å²) >= 11 is 0. The molecule has 3 rings (SSSR count). The molecule has 2 aliphatic heterocycles. The quantitative estimate of drug-likeness (QED) is 0.898.